The van der Waals surface area contributed by atoms with Gasteiger partial charge in [-0.3, -0.25) is 0 Å². The van der Waals surface area contributed by atoms with E-state index in [4.69, 9.17) is 4.74 Å². The van der Waals surface area contributed by atoms with Gasteiger partial charge >= 0.3 is 0 Å². The van der Waals surface area contributed by atoms with Crippen LogP contribution >= 0.6 is 0 Å². The third kappa shape index (κ3) is 6.21. The van der Waals surface area contributed by atoms with E-state index in [0.717, 1.165) is 51.0 Å². The highest BCUT2D eigenvalue weighted by molar-refractivity contribution is 7.88. The van der Waals surface area contributed by atoms with Crippen LogP contribution in [0.1, 0.15) is 43.6 Å². The van der Waals surface area contributed by atoms with Crippen molar-refractivity contribution in [3.05, 3.63) is 48.7 Å². The number of nitrogens with one attached hydrogen (secondary N) is 1. The molecule has 0 amide bonds. The lowest BCUT2D eigenvalue weighted by atomic mass is 9.83. The van der Waals surface area contributed by atoms with Crippen molar-refractivity contribution in [3.63, 3.8) is 0 Å². The molecule has 0 aromatic carbocycles. The molecule has 2 aliphatic rings. The minimum absolute atomic E-state index is 0.0747. The van der Waals surface area contributed by atoms with E-state index in [1.807, 2.05) is 30.6 Å². The van der Waals surface area contributed by atoms with Gasteiger partial charge in [0, 0.05) is 43.6 Å². The zero-order valence-electron chi connectivity index (χ0n) is 17.9. The Labute approximate surface area is 184 Å². The smallest absolute Gasteiger partial charge is 0.208 e. The van der Waals surface area contributed by atoms with Crippen molar-refractivity contribution in [2.75, 3.05) is 30.9 Å². The lowest BCUT2D eigenvalue weighted by molar-refractivity contribution is -0.00216. The number of sulfonamides is 1. The summed E-state index contributed by atoms with van der Waals surface area (Å²) in [6.07, 6.45) is 13.5. The van der Waals surface area contributed by atoms with Gasteiger partial charge in [0.25, 0.3) is 0 Å². The summed E-state index contributed by atoms with van der Waals surface area (Å²) in [7, 11) is -3.27. The first-order valence-electron chi connectivity index (χ1n) is 11.0. The van der Waals surface area contributed by atoms with Gasteiger partial charge in [-0.05, 0) is 55.7 Å². The molecule has 0 bridgehead atoms. The van der Waals surface area contributed by atoms with Gasteiger partial charge in [-0.25, -0.2) is 28.1 Å². The van der Waals surface area contributed by atoms with Gasteiger partial charge in [-0.1, -0.05) is 6.07 Å². The maximum Gasteiger partial charge on any atom is 0.208 e. The summed E-state index contributed by atoms with van der Waals surface area (Å²) in [6.45, 7) is 2.03. The Morgan fingerprint density at radius 2 is 1.90 bits per heavy atom. The first kappa shape index (κ1) is 22.1. The number of ether oxygens (including phenoxy) is 1. The van der Waals surface area contributed by atoms with Gasteiger partial charge in [-0.2, -0.15) is 0 Å². The monoisotopic (exact) mass is 445 g/mol. The number of rotatable bonds is 7. The Balaban J connectivity index is 1.34. The summed E-state index contributed by atoms with van der Waals surface area (Å²) >= 11 is 0. The van der Waals surface area contributed by atoms with Gasteiger partial charge < -0.3 is 9.64 Å². The predicted octanol–water partition coefficient (Wildman–Crippen LogP) is 2.36. The fourth-order valence-corrected chi connectivity index (χ4v) is 5.58. The molecule has 1 aliphatic heterocycles. The standard InChI is InChI=1S/C22H31N5O3S/c1-31(28,29)26-21-9-11-27(22-4-2-3-10-25-22)14-19(21)15-30-20-7-5-17(6-8-20)18-12-23-16-24-13-18/h2-4,10,12-13,16-17,19-21,26H,5-9,11,14-15H2,1H3/t17?,19-,20?,21-/m0/s1. The van der Waals surface area contributed by atoms with Crippen molar-refractivity contribution in [2.45, 2.75) is 50.2 Å². The van der Waals surface area contributed by atoms with Crippen LogP contribution in [0.25, 0.3) is 0 Å². The summed E-state index contributed by atoms with van der Waals surface area (Å²) in [6, 6.07) is 5.76. The maximum absolute atomic E-state index is 11.9. The van der Waals surface area contributed by atoms with E-state index in [-0.39, 0.29) is 18.1 Å². The molecule has 2 aromatic heterocycles. The largest absolute Gasteiger partial charge is 0.378 e. The fourth-order valence-electron chi connectivity index (χ4n) is 4.72. The van der Waals surface area contributed by atoms with Crippen LogP contribution in [-0.4, -0.2) is 61.5 Å². The molecule has 8 nitrogen and oxygen atoms in total. The normalized spacial score (nSPS) is 27.2. The van der Waals surface area contributed by atoms with Crippen LogP contribution in [0.15, 0.2) is 43.1 Å². The van der Waals surface area contributed by atoms with Crippen LogP contribution in [-0.2, 0) is 14.8 Å². The minimum Gasteiger partial charge on any atom is -0.378 e. The Morgan fingerprint density at radius 3 is 2.58 bits per heavy atom. The number of nitrogens with zero attached hydrogens (tertiary/aromatic N) is 4. The fraction of sp³-hybridized carbons (Fsp3) is 0.591. The molecule has 1 saturated carbocycles. The number of anilines is 1. The van der Waals surface area contributed by atoms with Gasteiger partial charge in [0.15, 0.2) is 0 Å². The van der Waals surface area contributed by atoms with Crippen LogP contribution in [0.5, 0.6) is 0 Å². The molecule has 0 radical (unpaired) electrons. The number of hydrogen-bond acceptors (Lipinski definition) is 7. The van der Waals surface area contributed by atoms with Crippen molar-refractivity contribution in [1.29, 1.82) is 0 Å². The van der Waals surface area contributed by atoms with Crippen LogP contribution in [0, 0.1) is 5.92 Å². The molecule has 2 atom stereocenters. The topological polar surface area (TPSA) is 97.3 Å². The maximum atomic E-state index is 11.9. The van der Waals surface area contributed by atoms with Gasteiger partial charge in [0.2, 0.25) is 10.0 Å². The third-order valence-corrected chi connectivity index (χ3v) is 7.08. The molecule has 1 saturated heterocycles. The molecule has 31 heavy (non-hydrogen) atoms. The quantitative estimate of drug-likeness (QED) is 0.699. The van der Waals surface area contributed by atoms with Gasteiger partial charge in [0.05, 0.1) is 19.0 Å². The van der Waals surface area contributed by atoms with E-state index in [1.165, 1.54) is 11.8 Å². The van der Waals surface area contributed by atoms with Crippen LogP contribution in [0.4, 0.5) is 5.82 Å². The zero-order valence-corrected chi connectivity index (χ0v) is 18.7. The van der Waals surface area contributed by atoms with E-state index in [2.05, 4.69) is 24.6 Å². The molecular weight excluding hydrogens is 414 g/mol. The van der Waals surface area contributed by atoms with Crippen molar-refractivity contribution in [1.82, 2.24) is 19.7 Å². The number of pyridine rings is 1. The summed E-state index contributed by atoms with van der Waals surface area (Å²) in [5, 5.41) is 0. The van der Waals surface area contributed by atoms with Gasteiger partial charge in [-0.15, -0.1) is 0 Å². The highest BCUT2D eigenvalue weighted by Crippen LogP contribution is 2.34. The Hall–Kier alpha value is -2.10. The number of aromatic nitrogens is 3. The molecule has 168 valence electrons. The predicted molar refractivity (Wildman–Crippen MR) is 119 cm³/mol. The van der Waals surface area contributed by atoms with Crippen molar-refractivity contribution >= 4 is 15.8 Å². The zero-order chi connectivity index (χ0) is 21.7. The highest BCUT2D eigenvalue weighted by atomic mass is 32.2. The lowest BCUT2D eigenvalue weighted by Crippen LogP contribution is -2.52. The third-order valence-electron chi connectivity index (χ3n) is 6.34. The van der Waals surface area contributed by atoms with Crippen LogP contribution in [0.2, 0.25) is 0 Å². The van der Waals surface area contributed by atoms with E-state index >= 15 is 0 Å². The first-order valence-corrected chi connectivity index (χ1v) is 12.9. The number of piperidine rings is 1. The highest BCUT2D eigenvalue weighted by Gasteiger charge is 2.33. The molecule has 4 rings (SSSR count). The Bertz CT molecular complexity index is 921. The lowest BCUT2D eigenvalue weighted by Gasteiger charge is -2.40. The first-order chi connectivity index (χ1) is 15.0. The van der Waals surface area contributed by atoms with Crippen molar-refractivity contribution in [3.8, 4) is 0 Å². The molecule has 3 heterocycles. The Morgan fingerprint density at radius 1 is 1.13 bits per heavy atom. The summed E-state index contributed by atoms with van der Waals surface area (Å²) in [5.74, 6) is 1.50. The van der Waals surface area contributed by atoms with Crippen molar-refractivity contribution < 1.29 is 13.2 Å². The summed E-state index contributed by atoms with van der Waals surface area (Å²) in [5.41, 5.74) is 1.21. The second-order valence-corrected chi connectivity index (χ2v) is 10.4. The molecule has 9 heteroatoms. The van der Waals surface area contributed by atoms with Crippen LogP contribution < -0.4 is 9.62 Å². The molecule has 0 unspecified atom stereocenters. The van der Waals surface area contributed by atoms with E-state index in [0.29, 0.717) is 12.5 Å². The Kier molecular flexibility index (Phi) is 7.14. The molecule has 1 aliphatic carbocycles. The molecule has 0 spiro atoms. The van der Waals surface area contributed by atoms with Crippen LogP contribution in [0.3, 0.4) is 0 Å². The minimum atomic E-state index is -3.27. The molecular formula is C22H31N5O3S. The SMILES string of the molecule is CS(=O)(=O)N[C@H]1CCN(c2ccccn2)C[C@H]1COC1CCC(c2cncnc2)CC1. The van der Waals surface area contributed by atoms with E-state index in [9.17, 15) is 8.42 Å². The average molecular weight is 446 g/mol. The number of hydrogen-bond donors (Lipinski definition) is 1. The van der Waals surface area contributed by atoms with Crippen molar-refractivity contribution in [2.24, 2.45) is 5.92 Å². The van der Waals surface area contributed by atoms with E-state index < -0.39 is 10.0 Å². The van der Waals surface area contributed by atoms with Gasteiger partial charge in [0.1, 0.15) is 12.1 Å². The molecule has 1 N–H and O–H groups in total. The summed E-state index contributed by atoms with van der Waals surface area (Å²) in [4.78, 5) is 15.0. The summed E-state index contributed by atoms with van der Waals surface area (Å²) < 4.78 is 32.9. The molecule has 2 aromatic rings. The molecule has 2 fully saturated rings. The van der Waals surface area contributed by atoms with E-state index in [1.54, 1.807) is 12.5 Å². The second kappa shape index (κ2) is 10.0. The second-order valence-electron chi connectivity index (χ2n) is 8.66. The average Bonchev–Trinajstić information content (AvgIpc) is 2.79.